The summed E-state index contributed by atoms with van der Waals surface area (Å²) in [6, 6.07) is 9.97. The molecular formula is C13H17N2OS. The number of carbonyl (C=O) groups excluding carboxylic acids is 1. The molecule has 17 heavy (non-hydrogen) atoms. The third kappa shape index (κ3) is 6.14. The van der Waals surface area contributed by atoms with Crippen LogP contribution < -0.4 is 10.6 Å². The maximum absolute atomic E-state index is 11.4. The van der Waals surface area contributed by atoms with E-state index in [0.29, 0.717) is 24.5 Å². The van der Waals surface area contributed by atoms with Gasteiger partial charge in [-0.3, -0.25) is 4.79 Å². The summed E-state index contributed by atoms with van der Waals surface area (Å²) in [6.45, 7) is 4.96. The summed E-state index contributed by atoms with van der Waals surface area (Å²) in [4.78, 5) is 12.1. The number of hydrogen-bond acceptors (Lipinski definition) is 3. The minimum Gasteiger partial charge on any atom is -0.373 e. The first kappa shape index (κ1) is 13.8. The molecule has 2 N–H and O–H groups in total. The number of Topliss-reactive ketones (excluding diaryl/α,β-unsaturated/α-hetero) is 1. The van der Waals surface area contributed by atoms with Gasteiger partial charge >= 0.3 is 0 Å². The quantitative estimate of drug-likeness (QED) is 0.718. The molecule has 91 valence electrons. The number of hydrogen-bond donors (Lipinski definition) is 2. The normalized spacial score (nSPS) is 9.94. The first-order chi connectivity index (χ1) is 8.22. The lowest BCUT2D eigenvalue weighted by Crippen LogP contribution is -2.33. The first-order valence-electron chi connectivity index (χ1n) is 5.54. The van der Waals surface area contributed by atoms with Crippen LogP contribution in [0.15, 0.2) is 30.3 Å². The molecule has 0 saturated carbocycles. The van der Waals surface area contributed by atoms with Crippen LogP contribution in [0.25, 0.3) is 0 Å². The number of thiocarbonyl (C=S) groups is 1. The van der Waals surface area contributed by atoms with E-state index in [9.17, 15) is 4.79 Å². The molecule has 3 nitrogen and oxygen atoms in total. The molecule has 0 heterocycles. The summed E-state index contributed by atoms with van der Waals surface area (Å²) < 4.78 is 0. The Balaban J connectivity index is 2.14. The lowest BCUT2D eigenvalue weighted by molar-refractivity contribution is -0.117. The Hall–Kier alpha value is -1.26. The Morgan fingerprint density at radius 2 is 1.94 bits per heavy atom. The zero-order valence-corrected chi connectivity index (χ0v) is 10.6. The van der Waals surface area contributed by atoms with Crippen molar-refractivity contribution in [1.82, 2.24) is 10.6 Å². The maximum atomic E-state index is 11.4. The molecule has 4 heteroatoms. The van der Waals surface area contributed by atoms with Crippen molar-refractivity contribution in [2.45, 2.75) is 13.0 Å². The number of rotatable bonds is 7. The average molecular weight is 249 g/mol. The van der Waals surface area contributed by atoms with E-state index in [2.05, 4.69) is 17.6 Å². The zero-order valence-electron chi connectivity index (χ0n) is 9.74. The van der Waals surface area contributed by atoms with Gasteiger partial charge in [0.1, 0.15) is 0 Å². The third-order valence-corrected chi connectivity index (χ3v) is 2.55. The highest BCUT2D eigenvalue weighted by molar-refractivity contribution is 7.80. The zero-order chi connectivity index (χ0) is 12.5. The molecule has 0 bridgehead atoms. The molecule has 1 aromatic carbocycles. The van der Waals surface area contributed by atoms with Crippen LogP contribution >= 0.6 is 12.2 Å². The smallest absolute Gasteiger partial charge is 0.165 e. The summed E-state index contributed by atoms with van der Waals surface area (Å²) in [5.74, 6) is 0.0942. The molecule has 0 amide bonds. The Morgan fingerprint density at radius 1 is 1.24 bits per heavy atom. The summed E-state index contributed by atoms with van der Waals surface area (Å²) in [7, 11) is 0. The van der Waals surface area contributed by atoms with Crippen LogP contribution in [0.1, 0.15) is 12.0 Å². The van der Waals surface area contributed by atoms with E-state index in [1.807, 2.05) is 30.3 Å². The second-order valence-corrected chi connectivity index (χ2v) is 4.15. The minimum atomic E-state index is 0.0942. The van der Waals surface area contributed by atoms with Crippen LogP contribution in [0.2, 0.25) is 0 Å². The molecule has 1 radical (unpaired) electrons. The van der Waals surface area contributed by atoms with Gasteiger partial charge < -0.3 is 10.6 Å². The van der Waals surface area contributed by atoms with E-state index in [1.165, 1.54) is 5.56 Å². The van der Waals surface area contributed by atoms with E-state index in [1.54, 1.807) is 0 Å². The molecular weight excluding hydrogens is 232 g/mol. The van der Waals surface area contributed by atoms with E-state index in [0.717, 1.165) is 0 Å². The lowest BCUT2D eigenvalue weighted by Gasteiger charge is -2.06. The topological polar surface area (TPSA) is 41.1 Å². The molecule has 0 aliphatic rings. The van der Waals surface area contributed by atoms with Crippen LogP contribution in [0.4, 0.5) is 0 Å². The van der Waals surface area contributed by atoms with Gasteiger partial charge in [0, 0.05) is 6.54 Å². The number of nitrogens with one attached hydrogen (secondary N) is 2. The third-order valence-electron chi connectivity index (χ3n) is 2.20. The van der Waals surface area contributed by atoms with E-state index >= 15 is 0 Å². The molecule has 0 aliphatic carbocycles. The van der Waals surface area contributed by atoms with Crippen molar-refractivity contribution in [3.8, 4) is 0 Å². The minimum absolute atomic E-state index is 0.0942. The van der Waals surface area contributed by atoms with Gasteiger partial charge in [0.15, 0.2) is 5.78 Å². The Morgan fingerprint density at radius 3 is 2.59 bits per heavy atom. The lowest BCUT2D eigenvalue weighted by atomic mass is 10.2. The van der Waals surface area contributed by atoms with Crippen LogP contribution in [0.3, 0.4) is 0 Å². The average Bonchev–Trinajstić information content (AvgIpc) is 2.37. The maximum Gasteiger partial charge on any atom is 0.165 e. The number of ketones is 1. The van der Waals surface area contributed by atoms with Gasteiger partial charge in [-0.05, 0) is 18.9 Å². The molecule has 0 atom stereocenters. The van der Waals surface area contributed by atoms with E-state index in [4.69, 9.17) is 12.2 Å². The Kier molecular flexibility index (Phi) is 6.43. The van der Waals surface area contributed by atoms with Gasteiger partial charge in [-0.15, -0.1) is 0 Å². The first-order valence-corrected chi connectivity index (χ1v) is 5.95. The fraction of sp³-hybridized carbons (Fsp3) is 0.308. The summed E-state index contributed by atoms with van der Waals surface area (Å²) >= 11 is 4.92. The van der Waals surface area contributed by atoms with Gasteiger partial charge in [-0.25, -0.2) is 0 Å². The second kappa shape index (κ2) is 7.92. The molecule has 0 saturated heterocycles. The van der Waals surface area contributed by atoms with Crippen molar-refractivity contribution >= 4 is 23.0 Å². The Bertz CT molecular complexity index is 365. The van der Waals surface area contributed by atoms with Crippen LogP contribution in [0, 0.1) is 6.92 Å². The largest absolute Gasteiger partial charge is 0.373 e. The van der Waals surface area contributed by atoms with Gasteiger partial charge in [0.05, 0.1) is 18.1 Å². The number of benzene rings is 1. The highest BCUT2D eigenvalue weighted by Crippen LogP contribution is 1.96. The van der Waals surface area contributed by atoms with Gasteiger partial charge in [0.2, 0.25) is 0 Å². The van der Waals surface area contributed by atoms with Crippen molar-refractivity contribution in [3.63, 3.8) is 0 Å². The van der Waals surface area contributed by atoms with Crippen molar-refractivity contribution in [1.29, 1.82) is 0 Å². The SMILES string of the molecule is [CH2]CC(=S)NCC(=O)CNCc1ccccc1. The summed E-state index contributed by atoms with van der Waals surface area (Å²) in [5, 5.41) is 5.95. The van der Waals surface area contributed by atoms with Crippen molar-refractivity contribution < 1.29 is 4.79 Å². The van der Waals surface area contributed by atoms with Crippen molar-refractivity contribution in [2.24, 2.45) is 0 Å². The molecule has 0 unspecified atom stereocenters. The van der Waals surface area contributed by atoms with Gasteiger partial charge in [-0.2, -0.15) is 0 Å². The fourth-order valence-corrected chi connectivity index (χ4v) is 1.36. The van der Waals surface area contributed by atoms with Gasteiger partial charge in [-0.1, -0.05) is 42.5 Å². The van der Waals surface area contributed by atoms with Crippen LogP contribution in [-0.2, 0) is 11.3 Å². The second-order valence-electron chi connectivity index (χ2n) is 3.65. The van der Waals surface area contributed by atoms with Crippen LogP contribution in [-0.4, -0.2) is 23.9 Å². The molecule has 0 spiro atoms. The standard InChI is InChI=1S/C13H17N2OS/c1-2-13(17)15-10-12(16)9-14-8-11-6-4-3-5-7-11/h3-7,14H,1-2,8-10H2,(H,15,17). The van der Waals surface area contributed by atoms with E-state index in [-0.39, 0.29) is 12.3 Å². The molecule has 1 aromatic rings. The molecule has 0 aliphatic heterocycles. The van der Waals surface area contributed by atoms with E-state index < -0.39 is 0 Å². The highest BCUT2D eigenvalue weighted by atomic mass is 32.1. The molecule has 1 rings (SSSR count). The number of carbonyl (C=O) groups is 1. The molecule has 0 fully saturated rings. The van der Waals surface area contributed by atoms with Crippen molar-refractivity contribution in [3.05, 3.63) is 42.8 Å². The van der Waals surface area contributed by atoms with Gasteiger partial charge in [0.25, 0.3) is 0 Å². The predicted molar refractivity (Wildman–Crippen MR) is 73.7 cm³/mol. The summed E-state index contributed by atoms with van der Waals surface area (Å²) in [5.41, 5.74) is 1.17. The highest BCUT2D eigenvalue weighted by Gasteiger charge is 2.01. The fourth-order valence-electron chi connectivity index (χ4n) is 1.29. The Labute approximate surface area is 108 Å². The monoisotopic (exact) mass is 249 g/mol. The summed E-state index contributed by atoms with van der Waals surface area (Å²) in [6.07, 6.45) is 0.528. The van der Waals surface area contributed by atoms with Crippen LogP contribution in [0.5, 0.6) is 0 Å². The molecule has 0 aromatic heterocycles. The predicted octanol–water partition coefficient (Wildman–Crippen LogP) is 1.49. The van der Waals surface area contributed by atoms with Crippen molar-refractivity contribution in [2.75, 3.05) is 13.1 Å².